The van der Waals surface area contributed by atoms with Crippen LogP contribution in [-0.4, -0.2) is 43.8 Å². The predicted molar refractivity (Wildman–Crippen MR) is 178 cm³/mol. The number of nitrogens with one attached hydrogen (secondary N) is 1. The Morgan fingerprint density at radius 1 is 0.870 bits per heavy atom. The molecule has 0 radical (unpaired) electrons. The molecule has 7 nitrogen and oxygen atoms in total. The summed E-state index contributed by atoms with van der Waals surface area (Å²) in [7, 11) is -4.25. The Morgan fingerprint density at radius 2 is 1.50 bits per heavy atom. The van der Waals surface area contributed by atoms with Gasteiger partial charge in [0, 0.05) is 24.0 Å². The second-order valence-corrected chi connectivity index (χ2v) is 13.8. The molecule has 0 bridgehead atoms. The van der Waals surface area contributed by atoms with E-state index in [1.54, 1.807) is 55.5 Å². The zero-order valence-electron chi connectivity index (χ0n) is 25.6. The minimum atomic E-state index is -4.25. The fourth-order valence-electron chi connectivity index (χ4n) is 5.81. The van der Waals surface area contributed by atoms with E-state index in [2.05, 4.69) is 5.32 Å². The molecule has 0 spiro atoms. The van der Waals surface area contributed by atoms with Gasteiger partial charge in [0.15, 0.2) is 0 Å². The third-order valence-corrected chi connectivity index (χ3v) is 10.5. The van der Waals surface area contributed by atoms with Gasteiger partial charge in [0.1, 0.15) is 18.4 Å². The van der Waals surface area contributed by atoms with E-state index in [0.29, 0.717) is 16.1 Å². The van der Waals surface area contributed by atoms with Crippen LogP contribution in [0.1, 0.15) is 42.4 Å². The number of hydrogen-bond donors (Lipinski definition) is 1. The molecule has 1 fully saturated rings. The van der Waals surface area contributed by atoms with E-state index in [4.69, 9.17) is 11.6 Å². The van der Waals surface area contributed by atoms with Gasteiger partial charge in [-0.2, -0.15) is 0 Å². The summed E-state index contributed by atoms with van der Waals surface area (Å²) in [6, 6.07) is 26.9. The molecule has 4 aromatic rings. The number of amides is 2. The van der Waals surface area contributed by atoms with Crippen LogP contribution in [0.2, 0.25) is 5.02 Å². The first kappa shape index (κ1) is 33.2. The molecule has 1 atom stereocenters. The van der Waals surface area contributed by atoms with Crippen molar-refractivity contribution in [1.29, 1.82) is 0 Å². The number of halogens is 2. The van der Waals surface area contributed by atoms with Crippen molar-refractivity contribution in [3.05, 3.63) is 131 Å². The Bertz CT molecular complexity index is 1750. The molecule has 0 aliphatic heterocycles. The largest absolute Gasteiger partial charge is 0.352 e. The molecule has 5 rings (SSSR count). The molecule has 4 aromatic carbocycles. The Hall–Kier alpha value is -4.21. The molecule has 1 aliphatic carbocycles. The number of nitrogens with zero attached hydrogens (tertiary/aromatic N) is 2. The molecule has 0 saturated heterocycles. The third-order valence-electron chi connectivity index (χ3n) is 8.36. The van der Waals surface area contributed by atoms with Crippen LogP contribution in [0.5, 0.6) is 0 Å². The minimum absolute atomic E-state index is 0.00221. The van der Waals surface area contributed by atoms with Crippen molar-refractivity contribution in [3.63, 3.8) is 0 Å². The summed E-state index contributed by atoms with van der Waals surface area (Å²) in [6.45, 7) is 1.06. The Labute approximate surface area is 275 Å². The van der Waals surface area contributed by atoms with Gasteiger partial charge in [-0.1, -0.05) is 91.2 Å². The van der Waals surface area contributed by atoms with Crippen LogP contribution in [0.15, 0.2) is 108 Å². The summed E-state index contributed by atoms with van der Waals surface area (Å²) >= 11 is 6.44. The van der Waals surface area contributed by atoms with Gasteiger partial charge < -0.3 is 10.2 Å². The summed E-state index contributed by atoms with van der Waals surface area (Å²) in [6.07, 6.45) is 3.93. The lowest BCUT2D eigenvalue weighted by Gasteiger charge is -2.34. The molecule has 1 N–H and O–H groups in total. The van der Waals surface area contributed by atoms with Crippen LogP contribution in [0.3, 0.4) is 0 Å². The number of sulfonamides is 1. The van der Waals surface area contributed by atoms with Crippen LogP contribution in [0.4, 0.5) is 10.1 Å². The van der Waals surface area contributed by atoms with Crippen molar-refractivity contribution in [2.75, 3.05) is 10.8 Å². The second-order valence-electron chi connectivity index (χ2n) is 11.6. The van der Waals surface area contributed by atoms with E-state index in [1.165, 1.54) is 29.2 Å². The number of rotatable bonds is 12. The van der Waals surface area contributed by atoms with Crippen molar-refractivity contribution in [2.45, 2.75) is 62.6 Å². The molecule has 1 aliphatic rings. The normalized spacial score (nSPS) is 14.1. The molecule has 46 heavy (non-hydrogen) atoms. The maximum absolute atomic E-state index is 14.6. The first-order valence-electron chi connectivity index (χ1n) is 15.3. The van der Waals surface area contributed by atoms with Gasteiger partial charge >= 0.3 is 0 Å². The van der Waals surface area contributed by atoms with E-state index in [1.807, 2.05) is 30.3 Å². The number of hydrogen-bond acceptors (Lipinski definition) is 4. The van der Waals surface area contributed by atoms with Gasteiger partial charge in [0.25, 0.3) is 10.0 Å². The number of carbonyl (C=O) groups is 2. The molecule has 0 aromatic heterocycles. The van der Waals surface area contributed by atoms with Crippen LogP contribution in [0.25, 0.3) is 0 Å². The second kappa shape index (κ2) is 14.9. The topological polar surface area (TPSA) is 86.8 Å². The van der Waals surface area contributed by atoms with Gasteiger partial charge in [-0.15, -0.1) is 0 Å². The van der Waals surface area contributed by atoms with Crippen molar-refractivity contribution in [1.82, 2.24) is 10.2 Å². The van der Waals surface area contributed by atoms with Gasteiger partial charge in [0.05, 0.1) is 10.6 Å². The molecule has 240 valence electrons. The number of benzene rings is 4. The van der Waals surface area contributed by atoms with E-state index in [0.717, 1.165) is 35.6 Å². The van der Waals surface area contributed by atoms with E-state index in [9.17, 15) is 22.4 Å². The van der Waals surface area contributed by atoms with Crippen molar-refractivity contribution in [3.8, 4) is 0 Å². The van der Waals surface area contributed by atoms with Gasteiger partial charge in [-0.3, -0.25) is 13.9 Å². The molecule has 10 heteroatoms. The van der Waals surface area contributed by atoms with E-state index in [-0.39, 0.29) is 35.5 Å². The smallest absolute Gasteiger partial charge is 0.264 e. The van der Waals surface area contributed by atoms with E-state index >= 15 is 0 Å². The van der Waals surface area contributed by atoms with Crippen LogP contribution >= 0.6 is 11.6 Å². The van der Waals surface area contributed by atoms with Crippen molar-refractivity contribution >= 4 is 39.1 Å². The van der Waals surface area contributed by atoms with Crippen molar-refractivity contribution in [2.24, 2.45) is 0 Å². The fraction of sp³-hybridized carbons (Fsp3) is 0.278. The highest BCUT2D eigenvalue weighted by atomic mass is 35.5. The van der Waals surface area contributed by atoms with Crippen LogP contribution < -0.4 is 9.62 Å². The van der Waals surface area contributed by atoms with E-state index < -0.39 is 34.3 Å². The maximum Gasteiger partial charge on any atom is 0.264 e. The summed E-state index contributed by atoms with van der Waals surface area (Å²) in [5.74, 6) is -1.34. The summed E-state index contributed by atoms with van der Waals surface area (Å²) in [4.78, 5) is 30.1. The molecular formula is C36H37ClFN3O4S. The molecule has 2 amide bonds. The van der Waals surface area contributed by atoms with Crippen molar-refractivity contribution < 1.29 is 22.4 Å². The average molecular weight is 662 g/mol. The molecule has 0 unspecified atom stereocenters. The summed E-state index contributed by atoms with van der Waals surface area (Å²) < 4.78 is 43.3. The lowest BCUT2D eigenvalue weighted by atomic mass is 10.0. The first-order valence-corrected chi connectivity index (χ1v) is 17.2. The lowest BCUT2D eigenvalue weighted by molar-refractivity contribution is -0.140. The monoisotopic (exact) mass is 661 g/mol. The first-order chi connectivity index (χ1) is 22.1. The standard InChI is InChI=1S/C36H37ClFN3O4S/c1-26-32(37)17-10-18-33(26)41(46(44,45)31-15-6-3-7-16-31)25-35(42)40(24-28-19-21-29(38)22-20-28)34(23-27-11-4-2-5-12-27)36(43)39-30-13-8-9-14-30/h2-7,10-12,15-22,30,34H,8-9,13-14,23-25H2,1H3,(H,39,43)/t34-/m1/s1. The van der Waals surface area contributed by atoms with Gasteiger partial charge in [-0.25, -0.2) is 12.8 Å². The third kappa shape index (κ3) is 7.95. The quantitative estimate of drug-likeness (QED) is 0.184. The SMILES string of the molecule is Cc1c(Cl)cccc1N(CC(=O)N(Cc1ccc(F)cc1)[C@H](Cc1ccccc1)C(=O)NC1CCCC1)S(=O)(=O)c1ccccc1. The highest BCUT2D eigenvalue weighted by Crippen LogP contribution is 2.31. The van der Waals surface area contributed by atoms with Crippen LogP contribution in [-0.2, 0) is 32.6 Å². The summed E-state index contributed by atoms with van der Waals surface area (Å²) in [5.41, 5.74) is 2.17. The molecule has 0 heterocycles. The Kier molecular flexibility index (Phi) is 10.8. The minimum Gasteiger partial charge on any atom is -0.352 e. The lowest BCUT2D eigenvalue weighted by Crippen LogP contribution is -2.54. The number of anilines is 1. The Morgan fingerprint density at radius 3 is 2.15 bits per heavy atom. The zero-order chi connectivity index (χ0) is 32.7. The highest BCUT2D eigenvalue weighted by molar-refractivity contribution is 7.92. The van der Waals surface area contributed by atoms with Gasteiger partial charge in [0.2, 0.25) is 11.8 Å². The molecule has 1 saturated carbocycles. The zero-order valence-corrected chi connectivity index (χ0v) is 27.2. The van der Waals surface area contributed by atoms with Gasteiger partial charge in [-0.05, 0) is 72.9 Å². The highest BCUT2D eigenvalue weighted by Gasteiger charge is 2.36. The summed E-state index contributed by atoms with van der Waals surface area (Å²) in [5, 5.41) is 3.49. The maximum atomic E-state index is 14.6. The predicted octanol–water partition coefficient (Wildman–Crippen LogP) is 6.68. The molecular weight excluding hydrogens is 625 g/mol. The number of carbonyl (C=O) groups excluding carboxylic acids is 2. The average Bonchev–Trinajstić information content (AvgIpc) is 3.57. The van der Waals surface area contributed by atoms with Crippen LogP contribution in [0, 0.1) is 12.7 Å². The Balaban J connectivity index is 1.58. The fourth-order valence-corrected chi connectivity index (χ4v) is 7.47.